The second-order valence-corrected chi connectivity index (χ2v) is 4.35. The van der Waals surface area contributed by atoms with Crippen LogP contribution in [0.4, 0.5) is 8.78 Å². The van der Waals surface area contributed by atoms with Gasteiger partial charge in [-0.1, -0.05) is 11.3 Å². The number of aromatic nitrogens is 2. The van der Waals surface area contributed by atoms with Crippen molar-refractivity contribution in [2.45, 2.75) is 13.5 Å². The number of benzene rings is 1. The molecule has 16 heavy (non-hydrogen) atoms. The lowest BCUT2D eigenvalue weighted by Crippen LogP contribution is -1.94. The van der Waals surface area contributed by atoms with Crippen LogP contribution in [0.15, 0.2) is 12.1 Å². The van der Waals surface area contributed by atoms with Crippen LogP contribution < -0.4 is 5.73 Å². The highest BCUT2D eigenvalue weighted by Crippen LogP contribution is 2.27. The first kappa shape index (κ1) is 11.1. The molecule has 0 atom stereocenters. The Kier molecular flexibility index (Phi) is 2.93. The maximum atomic E-state index is 13.5. The van der Waals surface area contributed by atoms with E-state index in [1.807, 2.05) is 0 Å². The lowest BCUT2D eigenvalue weighted by atomic mass is 10.1. The molecule has 0 amide bonds. The van der Waals surface area contributed by atoms with Gasteiger partial charge in [-0.25, -0.2) is 8.78 Å². The smallest absolute Gasteiger partial charge is 0.150 e. The zero-order valence-electron chi connectivity index (χ0n) is 8.50. The lowest BCUT2D eigenvalue weighted by Gasteiger charge is -2.01. The predicted octanol–water partition coefficient (Wildman–Crippen LogP) is 2.25. The van der Waals surface area contributed by atoms with Gasteiger partial charge in [0.15, 0.2) is 5.01 Å². The van der Waals surface area contributed by atoms with Crippen LogP contribution in [0.3, 0.4) is 0 Å². The Hall–Kier alpha value is -1.40. The molecule has 6 heteroatoms. The maximum Gasteiger partial charge on any atom is 0.150 e. The van der Waals surface area contributed by atoms with Crippen molar-refractivity contribution in [3.05, 3.63) is 34.3 Å². The molecule has 0 saturated heterocycles. The molecule has 1 aromatic heterocycles. The molecule has 0 radical (unpaired) electrons. The molecule has 0 bridgehead atoms. The van der Waals surface area contributed by atoms with Gasteiger partial charge in [-0.05, 0) is 18.6 Å². The van der Waals surface area contributed by atoms with Crippen molar-refractivity contribution in [2.24, 2.45) is 5.73 Å². The van der Waals surface area contributed by atoms with Crippen molar-refractivity contribution in [3.8, 4) is 10.6 Å². The third-order valence-corrected chi connectivity index (χ3v) is 3.10. The van der Waals surface area contributed by atoms with Crippen LogP contribution in [-0.2, 0) is 6.54 Å². The normalized spacial score (nSPS) is 10.8. The number of hydrogen-bond donors (Lipinski definition) is 1. The van der Waals surface area contributed by atoms with Gasteiger partial charge in [0.2, 0.25) is 0 Å². The molecule has 2 aromatic rings. The molecule has 2 N–H and O–H groups in total. The molecule has 0 aliphatic carbocycles. The zero-order valence-corrected chi connectivity index (χ0v) is 9.31. The molecule has 0 saturated carbocycles. The Labute approximate surface area is 94.9 Å². The summed E-state index contributed by atoms with van der Waals surface area (Å²) in [6.45, 7) is 1.84. The van der Waals surface area contributed by atoms with E-state index in [1.165, 1.54) is 17.4 Å². The van der Waals surface area contributed by atoms with Gasteiger partial charge in [0, 0.05) is 18.2 Å². The van der Waals surface area contributed by atoms with Crippen LogP contribution >= 0.6 is 11.3 Å². The van der Waals surface area contributed by atoms with E-state index in [1.54, 1.807) is 6.92 Å². The van der Waals surface area contributed by atoms with Crippen LogP contribution in [-0.4, -0.2) is 10.2 Å². The fourth-order valence-electron chi connectivity index (χ4n) is 1.27. The minimum absolute atomic E-state index is 0.260. The summed E-state index contributed by atoms with van der Waals surface area (Å²) in [7, 11) is 0. The fourth-order valence-corrected chi connectivity index (χ4v) is 2.00. The first-order chi connectivity index (χ1) is 7.61. The van der Waals surface area contributed by atoms with Crippen LogP contribution in [0.2, 0.25) is 0 Å². The quantitative estimate of drug-likeness (QED) is 0.877. The van der Waals surface area contributed by atoms with Crippen molar-refractivity contribution >= 4 is 11.3 Å². The molecule has 0 fully saturated rings. The number of hydrogen-bond acceptors (Lipinski definition) is 4. The SMILES string of the molecule is Cc1cc(-c2nnc(CN)s2)c(F)cc1F. The van der Waals surface area contributed by atoms with E-state index in [2.05, 4.69) is 10.2 Å². The van der Waals surface area contributed by atoms with E-state index in [4.69, 9.17) is 5.73 Å². The monoisotopic (exact) mass is 241 g/mol. The van der Waals surface area contributed by atoms with Gasteiger partial charge < -0.3 is 5.73 Å². The van der Waals surface area contributed by atoms with E-state index in [0.717, 1.165) is 6.07 Å². The highest BCUT2D eigenvalue weighted by molar-refractivity contribution is 7.14. The summed E-state index contributed by atoms with van der Waals surface area (Å²) >= 11 is 1.21. The van der Waals surface area contributed by atoms with Crippen molar-refractivity contribution in [1.82, 2.24) is 10.2 Å². The third-order valence-electron chi connectivity index (χ3n) is 2.12. The Bertz CT molecular complexity index is 525. The van der Waals surface area contributed by atoms with Crippen molar-refractivity contribution in [2.75, 3.05) is 0 Å². The Morgan fingerprint density at radius 1 is 1.25 bits per heavy atom. The van der Waals surface area contributed by atoms with Crippen LogP contribution in [0.25, 0.3) is 10.6 Å². The summed E-state index contributed by atoms with van der Waals surface area (Å²) in [6.07, 6.45) is 0. The number of halogens is 2. The molecular weight excluding hydrogens is 232 g/mol. The van der Waals surface area contributed by atoms with Crippen LogP contribution in [0.1, 0.15) is 10.6 Å². The second-order valence-electron chi connectivity index (χ2n) is 3.29. The van der Waals surface area contributed by atoms with Gasteiger partial charge in [0.25, 0.3) is 0 Å². The Morgan fingerprint density at radius 2 is 2.00 bits per heavy atom. The van der Waals surface area contributed by atoms with Gasteiger partial charge in [0.05, 0.1) is 0 Å². The van der Waals surface area contributed by atoms with Crippen molar-refractivity contribution in [1.29, 1.82) is 0 Å². The Balaban J connectivity index is 2.51. The molecule has 0 spiro atoms. The molecule has 3 nitrogen and oxygen atoms in total. The Morgan fingerprint density at radius 3 is 2.62 bits per heavy atom. The number of nitrogens with zero attached hydrogens (tertiary/aromatic N) is 2. The van der Waals surface area contributed by atoms with Gasteiger partial charge in [-0.3, -0.25) is 0 Å². The van der Waals surface area contributed by atoms with E-state index in [0.29, 0.717) is 15.6 Å². The molecule has 0 aliphatic heterocycles. The highest BCUT2D eigenvalue weighted by Gasteiger charge is 2.13. The van der Waals surface area contributed by atoms with Crippen LogP contribution in [0, 0.1) is 18.6 Å². The number of rotatable bonds is 2. The minimum Gasteiger partial charge on any atom is -0.324 e. The van der Waals surface area contributed by atoms with Crippen molar-refractivity contribution in [3.63, 3.8) is 0 Å². The van der Waals surface area contributed by atoms with E-state index in [9.17, 15) is 8.78 Å². The summed E-state index contributed by atoms with van der Waals surface area (Å²) in [5.41, 5.74) is 6.02. The average Bonchev–Trinajstić information content (AvgIpc) is 2.71. The third kappa shape index (κ3) is 1.94. The summed E-state index contributed by atoms with van der Waals surface area (Å²) < 4.78 is 26.6. The van der Waals surface area contributed by atoms with Gasteiger partial charge in [-0.15, -0.1) is 10.2 Å². The van der Waals surface area contributed by atoms with E-state index < -0.39 is 11.6 Å². The molecule has 1 heterocycles. The standard InChI is InChI=1S/C10H9F2N3S/c1-5-2-6(8(12)3-7(5)11)10-15-14-9(4-13)16-10/h2-3H,4,13H2,1H3. The van der Waals surface area contributed by atoms with Crippen LogP contribution in [0.5, 0.6) is 0 Å². The average molecular weight is 241 g/mol. The zero-order chi connectivity index (χ0) is 11.7. The molecular formula is C10H9F2N3S. The van der Waals surface area contributed by atoms with E-state index in [-0.39, 0.29) is 12.1 Å². The summed E-state index contributed by atoms with van der Waals surface area (Å²) in [5.74, 6) is -1.20. The first-order valence-corrected chi connectivity index (χ1v) is 5.42. The molecule has 0 unspecified atom stereocenters. The molecule has 1 aromatic carbocycles. The predicted molar refractivity (Wildman–Crippen MR) is 57.9 cm³/mol. The molecule has 0 aliphatic rings. The maximum absolute atomic E-state index is 13.5. The van der Waals surface area contributed by atoms with Gasteiger partial charge in [-0.2, -0.15) is 0 Å². The first-order valence-electron chi connectivity index (χ1n) is 4.60. The van der Waals surface area contributed by atoms with Gasteiger partial charge >= 0.3 is 0 Å². The molecule has 2 rings (SSSR count). The fraction of sp³-hybridized carbons (Fsp3) is 0.200. The largest absolute Gasteiger partial charge is 0.324 e. The van der Waals surface area contributed by atoms with Gasteiger partial charge in [0.1, 0.15) is 16.6 Å². The summed E-state index contributed by atoms with van der Waals surface area (Å²) in [6, 6.07) is 2.28. The number of nitrogens with two attached hydrogens (primary N) is 1. The molecule has 84 valence electrons. The van der Waals surface area contributed by atoms with E-state index >= 15 is 0 Å². The second kappa shape index (κ2) is 4.23. The van der Waals surface area contributed by atoms with Crippen molar-refractivity contribution < 1.29 is 8.78 Å². The summed E-state index contributed by atoms with van der Waals surface area (Å²) in [5, 5.41) is 8.64. The highest BCUT2D eigenvalue weighted by atomic mass is 32.1. The topological polar surface area (TPSA) is 51.8 Å². The lowest BCUT2D eigenvalue weighted by molar-refractivity contribution is 0.579. The summed E-state index contributed by atoms with van der Waals surface area (Å²) in [4.78, 5) is 0. The number of aryl methyl sites for hydroxylation is 1. The minimum atomic E-state index is -0.636.